The summed E-state index contributed by atoms with van der Waals surface area (Å²) < 4.78 is 0. The van der Waals surface area contributed by atoms with Gasteiger partial charge in [-0.2, -0.15) is 0 Å². The van der Waals surface area contributed by atoms with Crippen molar-refractivity contribution in [2.75, 3.05) is 13.1 Å². The fourth-order valence-corrected chi connectivity index (χ4v) is 4.10. The number of benzene rings is 1. The number of rotatable bonds is 6. The number of nitrogens with zero attached hydrogens (tertiary/aromatic N) is 1. The fourth-order valence-electron chi connectivity index (χ4n) is 4.10. The molecule has 6 nitrogen and oxygen atoms in total. The number of hydrogen-bond donors (Lipinski definition) is 2. The summed E-state index contributed by atoms with van der Waals surface area (Å²) in [5.41, 5.74) is 1.02. The molecule has 1 aromatic rings. The van der Waals surface area contributed by atoms with Crippen LogP contribution in [0.15, 0.2) is 30.3 Å². The average molecular weight is 372 g/mol. The first kappa shape index (κ1) is 19.4. The third-order valence-corrected chi connectivity index (χ3v) is 5.76. The van der Waals surface area contributed by atoms with Gasteiger partial charge in [0.1, 0.15) is 6.04 Å². The second-order valence-corrected chi connectivity index (χ2v) is 7.67. The minimum absolute atomic E-state index is 0.0103. The van der Waals surface area contributed by atoms with E-state index in [0.717, 1.165) is 31.5 Å². The van der Waals surface area contributed by atoms with Gasteiger partial charge in [-0.3, -0.25) is 14.4 Å². The van der Waals surface area contributed by atoms with Crippen molar-refractivity contribution >= 4 is 17.8 Å². The zero-order valence-corrected chi connectivity index (χ0v) is 15.6. The number of likely N-dealkylation sites (tertiary alicyclic amines) is 1. The number of carboxylic acids is 1. The van der Waals surface area contributed by atoms with Gasteiger partial charge in [-0.15, -0.1) is 0 Å². The highest BCUT2D eigenvalue weighted by molar-refractivity contribution is 5.89. The van der Waals surface area contributed by atoms with E-state index in [1.165, 1.54) is 0 Å². The lowest BCUT2D eigenvalue weighted by molar-refractivity contribution is -0.144. The molecule has 2 fully saturated rings. The molecule has 146 valence electrons. The van der Waals surface area contributed by atoms with Gasteiger partial charge in [0, 0.05) is 25.4 Å². The lowest BCUT2D eigenvalue weighted by atomic mass is 9.81. The summed E-state index contributed by atoms with van der Waals surface area (Å²) in [7, 11) is 0. The van der Waals surface area contributed by atoms with E-state index >= 15 is 0 Å². The van der Waals surface area contributed by atoms with Crippen molar-refractivity contribution in [3.8, 4) is 0 Å². The molecule has 2 aliphatic rings. The molecule has 27 heavy (non-hydrogen) atoms. The molecule has 0 spiro atoms. The molecular formula is C21H28N2O4. The van der Waals surface area contributed by atoms with Gasteiger partial charge in [0.2, 0.25) is 11.8 Å². The van der Waals surface area contributed by atoms with Crippen LogP contribution in [0.4, 0.5) is 0 Å². The third kappa shape index (κ3) is 5.08. The maximum absolute atomic E-state index is 12.9. The van der Waals surface area contributed by atoms with Crippen molar-refractivity contribution in [1.82, 2.24) is 10.2 Å². The highest BCUT2D eigenvalue weighted by Gasteiger charge is 2.33. The summed E-state index contributed by atoms with van der Waals surface area (Å²) >= 11 is 0. The van der Waals surface area contributed by atoms with Crippen molar-refractivity contribution < 1.29 is 19.5 Å². The Morgan fingerprint density at radius 3 is 2.19 bits per heavy atom. The van der Waals surface area contributed by atoms with E-state index in [4.69, 9.17) is 5.11 Å². The molecule has 1 saturated carbocycles. The Morgan fingerprint density at radius 2 is 1.59 bits per heavy atom. The van der Waals surface area contributed by atoms with Crippen LogP contribution in [0.2, 0.25) is 0 Å². The highest BCUT2D eigenvalue weighted by atomic mass is 16.4. The molecule has 0 radical (unpaired) electrons. The highest BCUT2D eigenvalue weighted by Crippen LogP contribution is 2.29. The molecule has 0 aromatic heterocycles. The SMILES string of the molecule is O=C(O)C1CCC(C(=O)NC(Cc2ccccc2)C(=O)N2CCCC2)CC1. The number of amides is 2. The maximum atomic E-state index is 12.9. The zero-order valence-electron chi connectivity index (χ0n) is 15.6. The molecule has 6 heteroatoms. The predicted molar refractivity (Wildman–Crippen MR) is 101 cm³/mol. The molecule has 2 amide bonds. The lowest BCUT2D eigenvalue weighted by Crippen LogP contribution is -2.50. The second kappa shape index (κ2) is 9.02. The standard InChI is InChI=1S/C21H28N2O4/c24-19(16-8-10-17(11-9-16)21(26)27)22-18(14-15-6-2-1-3-7-15)20(25)23-12-4-5-13-23/h1-3,6-7,16-18H,4-5,8-14H2,(H,22,24)(H,26,27). The van der Waals surface area contributed by atoms with Crippen molar-refractivity contribution in [2.45, 2.75) is 51.0 Å². The summed E-state index contributed by atoms with van der Waals surface area (Å²) in [4.78, 5) is 38.6. The summed E-state index contributed by atoms with van der Waals surface area (Å²) in [5.74, 6) is -1.46. The van der Waals surface area contributed by atoms with E-state index in [1.807, 2.05) is 35.2 Å². The van der Waals surface area contributed by atoms with Gasteiger partial charge in [-0.05, 0) is 44.1 Å². The van der Waals surface area contributed by atoms with Crippen molar-refractivity contribution in [2.24, 2.45) is 11.8 Å². The molecule has 3 rings (SSSR count). The van der Waals surface area contributed by atoms with E-state index in [9.17, 15) is 14.4 Å². The van der Waals surface area contributed by atoms with Gasteiger partial charge < -0.3 is 15.3 Å². The van der Waals surface area contributed by atoms with E-state index in [1.54, 1.807) is 0 Å². The van der Waals surface area contributed by atoms with Crippen LogP contribution in [-0.4, -0.2) is 46.9 Å². The Morgan fingerprint density at radius 1 is 1.00 bits per heavy atom. The quantitative estimate of drug-likeness (QED) is 0.802. The number of hydrogen-bond acceptors (Lipinski definition) is 3. The van der Waals surface area contributed by atoms with E-state index in [-0.39, 0.29) is 23.7 Å². The van der Waals surface area contributed by atoms with Gasteiger partial charge in [-0.25, -0.2) is 0 Å². The monoisotopic (exact) mass is 372 g/mol. The van der Waals surface area contributed by atoms with Crippen LogP contribution < -0.4 is 5.32 Å². The van der Waals surface area contributed by atoms with Gasteiger partial charge in [0.05, 0.1) is 5.92 Å². The summed E-state index contributed by atoms with van der Waals surface area (Å²) in [6.07, 6.45) is 4.69. The first-order valence-electron chi connectivity index (χ1n) is 9.90. The van der Waals surface area contributed by atoms with Crippen LogP contribution in [0.25, 0.3) is 0 Å². The average Bonchev–Trinajstić information content (AvgIpc) is 3.22. The minimum Gasteiger partial charge on any atom is -0.481 e. The van der Waals surface area contributed by atoms with Crippen molar-refractivity contribution in [1.29, 1.82) is 0 Å². The van der Waals surface area contributed by atoms with Crippen molar-refractivity contribution in [3.05, 3.63) is 35.9 Å². The van der Waals surface area contributed by atoms with Crippen molar-refractivity contribution in [3.63, 3.8) is 0 Å². The summed E-state index contributed by atoms with van der Waals surface area (Å²) in [5, 5.41) is 12.1. The van der Waals surface area contributed by atoms with Crippen LogP contribution in [0, 0.1) is 11.8 Å². The molecule has 1 saturated heterocycles. The number of aliphatic carboxylic acids is 1. The Bertz CT molecular complexity index is 662. The molecular weight excluding hydrogens is 344 g/mol. The smallest absolute Gasteiger partial charge is 0.306 e. The summed E-state index contributed by atoms with van der Waals surface area (Å²) in [6, 6.07) is 9.17. The Kier molecular flexibility index (Phi) is 6.48. The maximum Gasteiger partial charge on any atom is 0.306 e. The second-order valence-electron chi connectivity index (χ2n) is 7.67. The fraction of sp³-hybridized carbons (Fsp3) is 0.571. The largest absolute Gasteiger partial charge is 0.481 e. The zero-order chi connectivity index (χ0) is 19.2. The van der Waals surface area contributed by atoms with Crippen LogP contribution in [0.3, 0.4) is 0 Å². The minimum atomic E-state index is -0.778. The molecule has 2 N–H and O–H groups in total. The van der Waals surface area contributed by atoms with Gasteiger partial charge >= 0.3 is 5.97 Å². The Hall–Kier alpha value is -2.37. The van der Waals surface area contributed by atoms with E-state index < -0.39 is 12.0 Å². The summed E-state index contributed by atoms with van der Waals surface area (Å²) in [6.45, 7) is 1.51. The number of nitrogens with one attached hydrogen (secondary N) is 1. The van der Waals surface area contributed by atoms with Crippen LogP contribution >= 0.6 is 0 Å². The number of carbonyl (C=O) groups excluding carboxylic acids is 2. The number of carbonyl (C=O) groups is 3. The van der Waals surface area contributed by atoms with Crippen LogP contribution in [0.1, 0.15) is 44.1 Å². The Balaban J connectivity index is 1.64. The molecule has 1 aliphatic heterocycles. The van der Waals surface area contributed by atoms with E-state index in [2.05, 4.69) is 5.32 Å². The lowest BCUT2D eigenvalue weighted by Gasteiger charge is -2.29. The molecule has 1 aliphatic carbocycles. The van der Waals surface area contributed by atoms with Crippen LogP contribution in [-0.2, 0) is 20.8 Å². The molecule has 0 bridgehead atoms. The molecule has 1 heterocycles. The third-order valence-electron chi connectivity index (χ3n) is 5.76. The van der Waals surface area contributed by atoms with Gasteiger partial charge in [0.15, 0.2) is 0 Å². The van der Waals surface area contributed by atoms with Gasteiger partial charge in [0.25, 0.3) is 0 Å². The molecule has 1 atom stereocenters. The topological polar surface area (TPSA) is 86.7 Å². The van der Waals surface area contributed by atoms with E-state index in [0.29, 0.717) is 32.1 Å². The number of carboxylic acid groups (broad SMARTS) is 1. The normalized spacial score (nSPS) is 23.6. The molecule has 1 aromatic carbocycles. The Labute approximate surface area is 159 Å². The molecule has 1 unspecified atom stereocenters. The first-order valence-corrected chi connectivity index (χ1v) is 9.90. The van der Waals surface area contributed by atoms with Crippen LogP contribution in [0.5, 0.6) is 0 Å². The van der Waals surface area contributed by atoms with Gasteiger partial charge in [-0.1, -0.05) is 30.3 Å². The predicted octanol–water partition coefficient (Wildman–Crippen LogP) is 2.23. The first-order chi connectivity index (χ1) is 13.0.